The van der Waals surface area contributed by atoms with Crippen LogP contribution in [0.3, 0.4) is 0 Å². The maximum Gasteiger partial charge on any atom is 0.268 e. The average Bonchev–Trinajstić information content (AvgIpc) is 3.91. The highest BCUT2D eigenvalue weighted by atomic mass is 32.2. The molecule has 2 atom stereocenters. The van der Waals surface area contributed by atoms with E-state index in [1.807, 2.05) is 6.07 Å². The SMILES string of the molecule is Nc1ccc(C(=O)NS(=O)(=O)c2ccc(NCC3CCCN(CCOCCOCC#Cc4cccc5c4CN(C4CCC(=O)NC4=O)C5=O)C3)c(N=O)c2)c(Oc2cnc3[nH]ccc3c2)c1. The van der Waals surface area contributed by atoms with E-state index in [-0.39, 0.29) is 64.9 Å². The molecule has 66 heavy (non-hydrogen) atoms. The molecule has 0 bridgehead atoms. The number of fused-ring (bicyclic) bond motifs is 2. The molecule has 0 aliphatic carbocycles. The molecule has 2 aromatic heterocycles. The maximum atomic E-state index is 13.4. The lowest BCUT2D eigenvalue weighted by Crippen LogP contribution is -2.52. The fraction of sp³-hybridized carbons (Fsp3) is 0.326. The van der Waals surface area contributed by atoms with E-state index in [2.05, 4.69) is 47.2 Å². The lowest BCUT2D eigenvalue weighted by molar-refractivity contribution is -0.136. The van der Waals surface area contributed by atoms with Crippen LogP contribution in [-0.4, -0.2) is 110 Å². The van der Waals surface area contributed by atoms with E-state index in [9.17, 15) is 32.5 Å². The monoisotopic (exact) mass is 917 g/mol. The zero-order valence-corrected chi connectivity index (χ0v) is 36.5. The molecule has 19 nitrogen and oxygen atoms in total. The summed E-state index contributed by atoms with van der Waals surface area (Å²) < 4.78 is 46.2. The number of nitrogen functional groups attached to an aromatic ring is 1. The van der Waals surface area contributed by atoms with Crippen LogP contribution in [0.25, 0.3) is 11.0 Å². The van der Waals surface area contributed by atoms with Gasteiger partial charge in [0, 0.05) is 67.1 Å². The van der Waals surface area contributed by atoms with Crippen molar-refractivity contribution in [3.05, 3.63) is 106 Å². The summed E-state index contributed by atoms with van der Waals surface area (Å²) in [5.41, 5.74) is 8.99. The van der Waals surface area contributed by atoms with Gasteiger partial charge in [-0.15, -0.1) is 4.91 Å². The number of carbonyl (C=O) groups excluding carboxylic acids is 4. The Hall–Kier alpha value is -7.18. The number of nitroso groups, excluding NO2 is 1. The van der Waals surface area contributed by atoms with Gasteiger partial charge in [0.1, 0.15) is 35.5 Å². The summed E-state index contributed by atoms with van der Waals surface area (Å²) in [6, 6.07) is 16.2. The first-order valence-corrected chi connectivity index (χ1v) is 22.9. The molecule has 3 aliphatic heterocycles. The Bertz CT molecular complexity index is 2860. The minimum Gasteiger partial charge on any atom is -0.455 e. The predicted molar refractivity (Wildman–Crippen MR) is 242 cm³/mol. The Morgan fingerprint density at radius 2 is 1.88 bits per heavy atom. The molecule has 342 valence electrons. The quantitative estimate of drug-likeness (QED) is 0.0285. The summed E-state index contributed by atoms with van der Waals surface area (Å²) in [5, 5.41) is 9.41. The zero-order valence-electron chi connectivity index (χ0n) is 35.7. The van der Waals surface area contributed by atoms with Gasteiger partial charge in [-0.2, -0.15) is 0 Å². The van der Waals surface area contributed by atoms with Crippen molar-refractivity contribution in [2.45, 2.75) is 43.2 Å². The molecule has 0 spiro atoms. The molecule has 2 saturated heterocycles. The summed E-state index contributed by atoms with van der Waals surface area (Å²) in [6.07, 6.45) is 5.58. The number of nitrogens with one attached hydrogen (secondary N) is 4. The molecule has 6 N–H and O–H groups in total. The van der Waals surface area contributed by atoms with E-state index in [0.717, 1.165) is 42.9 Å². The van der Waals surface area contributed by atoms with Crippen molar-refractivity contribution in [3.63, 3.8) is 0 Å². The third-order valence-electron chi connectivity index (χ3n) is 11.5. The number of carbonyl (C=O) groups is 4. The largest absolute Gasteiger partial charge is 0.455 e. The zero-order chi connectivity index (χ0) is 46.2. The molecule has 5 heterocycles. The number of ether oxygens (including phenoxy) is 3. The van der Waals surface area contributed by atoms with Gasteiger partial charge >= 0.3 is 0 Å². The fourth-order valence-electron chi connectivity index (χ4n) is 8.20. The van der Waals surface area contributed by atoms with Gasteiger partial charge in [0.25, 0.3) is 21.8 Å². The Morgan fingerprint density at radius 1 is 1.02 bits per heavy atom. The minimum absolute atomic E-state index is 0.0189. The van der Waals surface area contributed by atoms with Gasteiger partial charge in [0.2, 0.25) is 11.8 Å². The second-order valence-electron chi connectivity index (χ2n) is 16.0. The maximum absolute atomic E-state index is 13.4. The molecule has 0 radical (unpaired) electrons. The van der Waals surface area contributed by atoms with Crippen LogP contribution in [0.4, 0.5) is 17.1 Å². The first-order chi connectivity index (χ1) is 31.9. The number of H-pyrrole nitrogens is 1. The highest BCUT2D eigenvalue weighted by Crippen LogP contribution is 2.33. The summed E-state index contributed by atoms with van der Waals surface area (Å²) >= 11 is 0. The van der Waals surface area contributed by atoms with Crippen molar-refractivity contribution in [3.8, 4) is 23.3 Å². The molecule has 4 amide bonds. The summed E-state index contributed by atoms with van der Waals surface area (Å²) in [5.74, 6) is 4.64. The van der Waals surface area contributed by atoms with Crippen molar-refractivity contribution in [1.82, 2.24) is 29.8 Å². The second-order valence-corrected chi connectivity index (χ2v) is 17.7. The highest BCUT2D eigenvalue weighted by Gasteiger charge is 2.39. The average molecular weight is 918 g/mol. The first kappa shape index (κ1) is 45.4. The van der Waals surface area contributed by atoms with Gasteiger partial charge in [-0.25, -0.2) is 18.1 Å². The van der Waals surface area contributed by atoms with Crippen molar-refractivity contribution in [2.24, 2.45) is 11.1 Å². The minimum atomic E-state index is -4.45. The number of sulfonamides is 1. The lowest BCUT2D eigenvalue weighted by atomic mass is 9.98. The van der Waals surface area contributed by atoms with Crippen LogP contribution in [0.15, 0.2) is 89.2 Å². The third-order valence-corrected chi connectivity index (χ3v) is 12.9. The van der Waals surface area contributed by atoms with Crippen LogP contribution >= 0.6 is 0 Å². The molecule has 0 saturated carbocycles. The lowest BCUT2D eigenvalue weighted by Gasteiger charge is -2.33. The smallest absolute Gasteiger partial charge is 0.268 e. The van der Waals surface area contributed by atoms with Gasteiger partial charge in [0.15, 0.2) is 0 Å². The van der Waals surface area contributed by atoms with Crippen molar-refractivity contribution in [2.75, 3.05) is 63.7 Å². The van der Waals surface area contributed by atoms with Gasteiger partial charge in [-0.05, 0) is 97.1 Å². The number of hydrogen-bond acceptors (Lipinski definition) is 15. The van der Waals surface area contributed by atoms with Crippen molar-refractivity contribution < 1.29 is 41.8 Å². The number of imide groups is 1. The number of aromatic amines is 1. The number of likely N-dealkylation sites (tertiary alicyclic amines) is 1. The predicted octanol–water partition coefficient (Wildman–Crippen LogP) is 4.42. The first-order valence-electron chi connectivity index (χ1n) is 21.4. The van der Waals surface area contributed by atoms with Crippen molar-refractivity contribution >= 4 is 61.7 Å². The molecule has 20 heteroatoms. The second kappa shape index (κ2) is 20.3. The molecule has 2 fully saturated rings. The normalized spacial score (nSPS) is 17.5. The number of aromatic nitrogens is 2. The van der Waals surface area contributed by atoms with Gasteiger partial charge < -0.3 is 40.0 Å². The van der Waals surface area contributed by atoms with E-state index in [4.69, 9.17) is 19.9 Å². The Morgan fingerprint density at radius 3 is 2.73 bits per heavy atom. The summed E-state index contributed by atoms with van der Waals surface area (Å²) in [7, 11) is -4.45. The number of anilines is 2. The summed E-state index contributed by atoms with van der Waals surface area (Å²) in [4.78, 5) is 73.1. The molecule has 3 aliphatic rings. The van der Waals surface area contributed by atoms with E-state index in [0.29, 0.717) is 67.5 Å². The standard InChI is InChI=1S/C46H47N9O10S/c47-32-8-10-36(41(23-32)65-33-22-31-14-15-48-43(31)50-26-33)44(57)53-66(61,62)34-9-11-38(39(24-34)52-60)49-25-29-4-2-16-54(27-29)17-19-64-21-20-63-18-3-6-30-5-1-7-35-37(30)28-55(46(35)59)40-12-13-42(56)51-45(40)58/h1,5,7-11,14-15,22-24,26,29,40,49H,2,4,12-13,16-21,25,27-28,47H2,(H,48,50)(H,53,57)(H,51,56,58). The van der Waals surface area contributed by atoms with Gasteiger partial charge in [-0.3, -0.25) is 24.5 Å². The van der Waals surface area contributed by atoms with Crippen LogP contribution < -0.4 is 25.8 Å². The number of amides is 4. The number of rotatable bonds is 17. The molecular weight excluding hydrogens is 871 g/mol. The number of nitrogens with zero attached hydrogens (tertiary/aromatic N) is 4. The van der Waals surface area contributed by atoms with Crippen LogP contribution in [0.1, 0.15) is 57.5 Å². The van der Waals surface area contributed by atoms with E-state index in [1.165, 1.54) is 41.4 Å². The Labute approximate surface area is 379 Å². The van der Waals surface area contributed by atoms with Gasteiger partial charge in [0.05, 0.1) is 42.2 Å². The highest BCUT2D eigenvalue weighted by molar-refractivity contribution is 7.90. The number of nitrogens with two attached hydrogens (primary N) is 1. The number of pyridine rings is 1. The fourth-order valence-corrected chi connectivity index (χ4v) is 9.18. The molecule has 2 unspecified atom stereocenters. The van der Waals surface area contributed by atoms with E-state index in [1.54, 1.807) is 30.5 Å². The van der Waals surface area contributed by atoms with Crippen LogP contribution in [0.5, 0.6) is 11.5 Å². The Balaban J connectivity index is 0.756. The molecule has 3 aromatic carbocycles. The number of hydrogen-bond donors (Lipinski definition) is 5. The Kier molecular flexibility index (Phi) is 14.0. The number of piperidine rings is 2. The molecule has 5 aromatic rings. The van der Waals surface area contributed by atoms with Crippen LogP contribution in [-0.2, 0) is 35.6 Å². The van der Waals surface area contributed by atoms with Crippen LogP contribution in [0.2, 0.25) is 0 Å². The van der Waals surface area contributed by atoms with E-state index >= 15 is 0 Å². The molecular formula is C46H47N9O10S. The van der Waals surface area contributed by atoms with Gasteiger partial charge in [-0.1, -0.05) is 17.9 Å². The van der Waals surface area contributed by atoms with E-state index < -0.39 is 27.9 Å². The topological polar surface area (TPSA) is 257 Å². The van der Waals surface area contributed by atoms with Crippen molar-refractivity contribution in [1.29, 1.82) is 0 Å². The van der Waals surface area contributed by atoms with Crippen LogP contribution in [0, 0.1) is 22.7 Å². The molecule has 8 rings (SSSR count). The third kappa shape index (κ3) is 10.7. The number of benzene rings is 3. The summed E-state index contributed by atoms with van der Waals surface area (Å²) in [6.45, 7) is 4.59.